The summed E-state index contributed by atoms with van der Waals surface area (Å²) >= 11 is 0. The van der Waals surface area contributed by atoms with Crippen molar-refractivity contribution in [3.8, 4) is 0 Å². The Morgan fingerprint density at radius 1 is 1.26 bits per heavy atom. The molecule has 3 amide bonds. The van der Waals surface area contributed by atoms with Gasteiger partial charge in [-0.3, -0.25) is 4.79 Å². The van der Waals surface area contributed by atoms with Crippen molar-refractivity contribution >= 4 is 30.0 Å². The molecule has 0 aliphatic carbocycles. The standard InChI is InChI=1S/C18H25FN4O3.ClH/c1-26-18(7-9-20-10-8-18)16(24)23-11-6-15(12-23)22-17(25)21-14-4-2-13(19)3-5-14;/h2-5,15,20H,6-12H2,1H3,(H2,21,22,25);1H. The van der Waals surface area contributed by atoms with Gasteiger partial charge in [0.25, 0.3) is 5.91 Å². The van der Waals surface area contributed by atoms with Crippen LogP contribution in [0.1, 0.15) is 19.3 Å². The number of likely N-dealkylation sites (tertiary alicyclic amines) is 1. The largest absolute Gasteiger partial charge is 0.368 e. The summed E-state index contributed by atoms with van der Waals surface area (Å²) in [5.74, 6) is -0.351. The van der Waals surface area contributed by atoms with Crippen molar-refractivity contribution in [2.24, 2.45) is 0 Å². The van der Waals surface area contributed by atoms with Gasteiger partial charge in [-0.15, -0.1) is 12.4 Å². The van der Waals surface area contributed by atoms with Crippen molar-refractivity contribution in [2.75, 3.05) is 38.6 Å². The lowest BCUT2D eigenvalue weighted by atomic mass is 9.90. The van der Waals surface area contributed by atoms with Crippen LogP contribution in [0.15, 0.2) is 24.3 Å². The monoisotopic (exact) mass is 400 g/mol. The minimum Gasteiger partial charge on any atom is -0.368 e. The summed E-state index contributed by atoms with van der Waals surface area (Å²) in [6, 6.07) is 5.09. The average molecular weight is 401 g/mol. The molecule has 2 heterocycles. The van der Waals surface area contributed by atoms with Gasteiger partial charge in [0.05, 0.1) is 0 Å². The summed E-state index contributed by atoms with van der Waals surface area (Å²) < 4.78 is 18.5. The maximum atomic E-state index is 12.9. The van der Waals surface area contributed by atoms with Gasteiger partial charge in [-0.05, 0) is 56.6 Å². The number of halogens is 2. The minimum absolute atomic E-state index is 0. The number of nitrogens with zero attached hydrogens (tertiary/aromatic N) is 1. The molecule has 2 aliphatic rings. The predicted molar refractivity (Wildman–Crippen MR) is 103 cm³/mol. The Hall–Kier alpha value is -1.90. The van der Waals surface area contributed by atoms with Crippen LogP contribution in [0.25, 0.3) is 0 Å². The Bertz CT molecular complexity index is 653. The first kappa shape index (κ1) is 21.4. The van der Waals surface area contributed by atoms with Gasteiger partial charge < -0.3 is 25.6 Å². The molecule has 0 saturated carbocycles. The normalized spacial score (nSPS) is 21.3. The lowest BCUT2D eigenvalue weighted by Gasteiger charge is -2.37. The topological polar surface area (TPSA) is 82.7 Å². The molecule has 1 atom stereocenters. The van der Waals surface area contributed by atoms with E-state index in [0.717, 1.165) is 13.1 Å². The third-order valence-corrected chi connectivity index (χ3v) is 5.10. The van der Waals surface area contributed by atoms with E-state index in [1.54, 1.807) is 12.0 Å². The molecule has 1 aromatic carbocycles. The van der Waals surface area contributed by atoms with Gasteiger partial charge in [0, 0.05) is 31.9 Å². The smallest absolute Gasteiger partial charge is 0.319 e. The number of nitrogens with one attached hydrogen (secondary N) is 3. The molecule has 1 aromatic rings. The third-order valence-electron chi connectivity index (χ3n) is 5.10. The first-order valence-electron chi connectivity index (χ1n) is 8.91. The number of anilines is 1. The lowest BCUT2D eigenvalue weighted by Crippen LogP contribution is -2.55. The quantitative estimate of drug-likeness (QED) is 0.719. The fourth-order valence-electron chi connectivity index (χ4n) is 3.57. The molecular weight excluding hydrogens is 375 g/mol. The van der Waals surface area contributed by atoms with E-state index in [9.17, 15) is 14.0 Å². The molecular formula is C18H26ClFN4O3. The Labute approximate surface area is 164 Å². The highest BCUT2D eigenvalue weighted by molar-refractivity contribution is 5.90. The van der Waals surface area contributed by atoms with Crippen LogP contribution in [0.4, 0.5) is 14.9 Å². The Balaban J connectivity index is 0.00000261. The first-order chi connectivity index (χ1) is 12.5. The van der Waals surface area contributed by atoms with Gasteiger partial charge >= 0.3 is 6.03 Å². The highest BCUT2D eigenvalue weighted by Crippen LogP contribution is 2.27. The lowest BCUT2D eigenvalue weighted by molar-refractivity contribution is -0.157. The van der Waals surface area contributed by atoms with Crippen LogP contribution in [0.3, 0.4) is 0 Å². The van der Waals surface area contributed by atoms with Crippen molar-refractivity contribution in [3.05, 3.63) is 30.1 Å². The number of hydrogen-bond acceptors (Lipinski definition) is 4. The van der Waals surface area contributed by atoms with E-state index in [4.69, 9.17) is 4.74 Å². The predicted octanol–water partition coefficient (Wildman–Crippen LogP) is 1.74. The van der Waals surface area contributed by atoms with Crippen LogP contribution in [-0.2, 0) is 9.53 Å². The zero-order valence-electron chi connectivity index (χ0n) is 15.3. The fraction of sp³-hybridized carbons (Fsp3) is 0.556. The number of piperidine rings is 1. The molecule has 0 aromatic heterocycles. The number of amides is 3. The fourth-order valence-corrected chi connectivity index (χ4v) is 3.57. The third kappa shape index (κ3) is 5.09. The molecule has 3 N–H and O–H groups in total. The number of carbonyl (C=O) groups excluding carboxylic acids is 2. The second-order valence-corrected chi connectivity index (χ2v) is 6.79. The molecule has 0 spiro atoms. The van der Waals surface area contributed by atoms with Gasteiger partial charge in [0.2, 0.25) is 0 Å². The van der Waals surface area contributed by atoms with Crippen molar-refractivity contribution in [1.82, 2.24) is 15.5 Å². The molecule has 2 fully saturated rings. The second kappa shape index (κ2) is 9.34. The zero-order chi connectivity index (χ0) is 18.6. The molecule has 2 saturated heterocycles. The Kier molecular flexibility index (Phi) is 7.41. The molecule has 150 valence electrons. The first-order valence-corrected chi connectivity index (χ1v) is 8.91. The molecule has 2 aliphatic heterocycles. The van der Waals surface area contributed by atoms with Crippen LogP contribution in [0, 0.1) is 5.82 Å². The summed E-state index contributed by atoms with van der Waals surface area (Å²) in [5.41, 5.74) is -0.237. The number of benzene rings is 1. The molecule has 0 radical (unpaired) electrons. The van der Waals surface area contributed by atoms with Crippen molar-refractivity contribution in [1.29, 1.82) is 0 Å². The minimum atomic E-state index is -0.753. The van der Waals surface area contributed by atoms with E-state index in [-0.39, 0.29) is 36.2 Å². The number of ether oxygens (including phenoxy) is 1. The maximum Gasteiger partial charge on any atom is 0.319 e. The van der Waals surface area contributed by atoms with Crippen LogP contribution in [0.2, 0.25) is 0 Å². The Morgan fingerprint density at radius 3 is 2.56 bits per heavy atom. The van der Waals surface area contributed by atoms with E-state index < -0.39 is 5.60 Å². The van der Waals surface area contributed by atoms with Gasteiger partial charge in [0.15, 0.2) is 0 Å². The SMILES string of the molecule is COC1(C(=O)N2CCC(NC(=O)Nc3ccc(F)cc3)C2)CCNCC1.Cl. The zero-order valence-corrected chi connectivity index (χ0v) is 16.1. The summed E-state index contributed by atoms with van der Waals surface area (Å²) in [6.07, 6.45) is 2.00. The summed E-state index contributed by atoms with van der Waals surface area (Å²) in [6.45, 7) is 2.58. The highest BCUT2D eigenvalue weighted by Gasteiger charge is 2.44. The van der Waals surface area contributed by atoms with Gasteiger partial charge in [-0.2, -0.15) is 0 Å². The molecule has 1 unspecified atom stereocenters. The van der Waals surface area contributed by atoms with E-state index >= 15 is 0 Å². The molecule has 9 heteroatoms. The number of carbonyl (C=O) groups is 2. The summed E-state index contributed by atoms with van der Waals surface area (Å²) in [7, 11) is 1.59. The number of rotatable bonds is 4. The van der Waals surface area contributed by atoms with Gasteiger partial charge in [-0.25, -0.2) is 9.18 Å². The number of methoxy groups -OCH3 is 1. The molecule has 7 nitrogen and oxygen atoms in total. The Morgan fingerprint density at radius 2 is 1.93 bits per heavy atom. The van der Waals surface area contributed by atoms with Crippen LogP contribution < -0.4 is 16.0 Å². The molecule has 0 bridgehead atoms. The second-order valence-electron chi connectivity index (χ2n) is 6.79. The van der Waals surface area contributed by atoms with Crippen LogP contribution in [-0.4, -0.2) is 61.8 Å². The average Bonchev–Trinajstić information content (AvgIpc) is 3.11. The highest BCUT2D eigenvalue weighted by atomic mass is 35.5. The van der Waals surface area contributed by atoms with E-state index in [0.29, 0.717) is 38.0 Å². The van der Waals surface area contributed by atoms with Gasteiger partial charge in [-0.1, -0.05) is 0 Å². The molecule has 27 heavy (non-hydrogen) atoms. The van der Waals surface area contributed by atoms with E-state index in [1.807, 2.05) is 0 Å². The van der Waals surface area contributed by atoms with Gasteiger partial charge in [0.1, 0.15) is 11.4 Å². The number of hydrogen-bond donors (Lipinski definition) is 3. The summed E-state index contributed by atoms with van der Waals surface area (Å²) in [4.78, 5) is 26.8. The van der Waals surface area contributed by atoms with E-state index in [2.05, 4.69) is 16.0 Å². The maximum absolute atomic E-state index is 12.9. The molecule has 3 rings (SSSR count). The van der Waals surface area contributed by atoms with Crippen molar-refractivity contribution in [3.63, 3.8) is 0 Å². The number of urea groups is 1. The van der Waals surface area contributed by atoms with Crippen molar-refractivity contribution in [2.45, 2.75) is 30.9 Å². The summed E-state index contributed by atoms with van der Waals surface area (Å²) in [5, 5.41) is 8.78. The van der Waals surface area contributed by atoms with Crippen molar-refractivity contribution < 1.29 is 18.7 Å². The van der Waals surface area contributed by atoms with E-state index in [1.165, 1.54) is 24.3 Å². The van der Waals surface area contributed by atoms with Crippen LogP contribution >= 0.6 is 12.4 Å². The van der Waals surface area contributed by atoms with Crippen LogP contribution in [0.5, 0.6) is 0 Å².